The molecule has 11 heteroatoms. The van der Waals surface area contributed by atoms with Crippen LogP contribution in [0.1, 0.15) is 23.3 Å². The van der Waals surface area contributed by atoms with E-state index >= 15 is 0 Å². The Balaban J connectivity index is 1.66. The van der Waals surface area contributed by atoms with E-state index in [2.05, 4.69) is 15.3 Å². The number of hydrogen-bond acceptors (Lipinski definition) is 6. The summed E-state index contributed by atoms with van der Waals surface area (Å²) in [7, 11) is -3.30. The minimum atomic E-state index is -3.30. The number of nitrogens with zero attached hydrogens (tertiary/aromatic N) is 2. The number of primary amides is 1. The molecule has 1 aliphatic heterocycles. The van der Waals surface area contributed by atoms with Crippen molar-refractivity contribution in [2.45, 2.75) is 12.8 Å². The number of hydrogen-bond donors (Lipinski definition) is 3. The lowest BCUT2D eigenvalue weighted by atomic mass is 9.99. The molecule has 0 aliphatic carbocycles. The molecule has 0 bridgehead atoms. The van der Waals surface area contributed by atoms with Crippen molar-refractivity contribution in [2.75, 3.05) is 24.7 Å². The number of carbonyl (C=O) groups excluding carboxylic acids is 2. The fraction of sp³-hybridized carbons (Fsp3) is 0.400. The number of thiazole rings is 1. The molecule has 1 aliphatic rings. The molecule has 1 fully saturated rings. The maximum absolute atomic E-state index is 12.4. The molecule has 4 N–H and O–H groups in total. The Bertz CT molecular complexity index is 933. The standard InChI is InChI=1S/C15H19N5O4S2/c1-26(23,24)20-4-2-3-9(7-20)14(22)19-15-18-12(8-25-15)10-5-11(13(16)21)17-6-10/h5-6,8-9,17H,2-4,7H2,1H3,(H2,16,21)(H,18,19,22). The molecular formula is C15H19N5O4S2. The van der Waals surface area contributed by atoms with Gasteiger partial charge in [-0.1, -0.05) is 0 Å². The first kappa shape index (κ1) is 18.5. The van der Waals surface area contributed by atoms with Crippen molar-refractivity contribution in [3.05, 3.63) is 23.3 Å². The van der Waals surface area contributed by atoms with Crippen LogP contribution >= 0.6 is 11.3 Å². The zero-order valence-corrected chi connectivity index (χ0v) is 15.7. The summed E-state index contributed by atoms with van der Waals surface area (Å²) < 4.78 is 24.7. The van der Waals surface area contributed by atoms with Gasteiger partial charge < -0.3 is 16.0 Å². The van der Waals surface area contributed by atoms with Crippen LogP contribution in [-0.4, -0.2) is 53.9 Å². The molecule has 1 unspecified atom stereocenters. The average Bonchev–Trinajstić information content (AvgIpc) is 3.23. The van der Waals surface area contributed by atoms with E-state index in [-0.39, 0.29) is 18.1 Å². The predicted octanol–water partition coefficient (Wildman–Crippen LogP) is 0.847. The van der Waals surface area contributed by atoms with Crippen molar-refractivity contribution in [1.29, 1.82) is 0 Å². The highest BCUT2D eigenvalue weighted by Gasteiger charge is 2.30. The van der Waals surface area contributed by atoms with Crippen LogP contribution in [0.25, 0.3) is 11.3 Å². The van der Waals surface area contributed by atoms with Gasteiger partial charge in [-0.3, -0.25) is 9.59 Å². The number of carbonyl (C=O) groups is 2. The van der Waals surface area contributed by atoms with Crippen molar-refractivity contribution >= 4 is 38.3 Å². The van der Waals surface area contributed by atoms with Gasteiger partial charge in [-0.25, -0.2) is 17.7 Å². The molecule has 0 saturated carbocycles. The number of piperidine rings is 1. The van der Waals surface area contributed by atoms with Gasteiger partial charge in [0.2, 0.25) is 15.9 Å². The maximum atomic E-state index is 12.4. The second kappa shape index (κ2) is 7.17. The van der Waals surface area contributed by atoms with Gasteiger partial charge >= 0.3 is 0 Å². The molecule has 1 atom stereocenters. The molecule has 0 spiro atoms. The molecule has 2 aromatic rings. The first-order valence-electron chi connectivity index (χ1n) is 7.94. The Kier molecular flexibility index (Phi) is 5.12. The van der Waals surface area contributed by atoms with Gasteiger partial charge in [0.1, 0.15) is 5.69 Å². The van der Waals surface area contributed by atoms with Crippen LogP contribution in [0.4, 0.5) is 5.13 Å². The van der Waals surface area contributed by atoms with Crippen molar-refractivity contribution in [1.82, 2.24) is 14.3 Å². The van der Waals surface area contributed by atoms with E-state index < -0.39 is 21.8 Å². The van der Waals surface area contributed by atoms with Gasteiger partial charge in [-0.15, -0.1) is 11.3 Å². The second-order valence-corrected chi connectivity index (χ2v) is 8.99. The minimum Gasteiger partial charge on any atom is -0.364 e. The summed E-state index contributed by atoms with van der Waals surface area (Å²) in [4.78, 5) is 30.7. The van der Waals surface area contributed by atoms with E-state index in [9.17, 15) is 18.0 Å². The van der Waals surface area contributed by atoms with E-state index in [4.69, 9.17) is 5.73 Å². The van der Waals surface area contributed by atoms with Crippen molar-refractivity contribution in [3.8, 4) is 11.3 Å². The smallest absolute Gasteiger partial charge is 0.265 e. The van der Waals surface area contributed by atoms with E-state index in [1.165, 1.54) is 15.6 Å². The molecule has 140 valence electrons. The molecule has 2 aromatic heterocycles. The number of nitrogens with one attached hydrogen (secondary N) is 2. The number of anilines is 1. The van der Waals surface area contributed by atoms with Crippen LogP contribution in [0, 0.1) is 5.92 Å². The summed E-state index contributed by atoms with van der Waals surface area (Å²) in [6.45, 7) is 0.627. The maximum Gasteiger partial charge on any atom is 0.265 e. The molecule has 1 saturated heterocycles. The Morgan fingerprint density at radius 3 is 2.88 bits per heavy atom. The fourth-order valence-corrected chi connectivity index (χ4v) is 4.45. The third-order valence-electron chi connectivity index (χ3n) is 4.20. The Morgan fingerprint density at radius 1 is 1.46 bits per heavy atom. The number of rotatable bonds is 5. The molecule has 9 nitrogen and oxygen atoms in total. The normalized spacial score (nSPS) is 18.6. The number of H-pyrrole nitrogens is 1. The molecule has 0 radical (unpaired) electrons. The summed E-state index contributed by atoms with van der Waals surface area (Å²) >= 11 is 1.26. The molecule has 3 rings (SSSR count). The van der Waals surface area contributed by atoms with E-state index in [1.54, 1.807) is 17.6 Å². The van der Waals surface area contributed by atoms with E-state index in [0.29, 0.717) is 35.8 Å². The first-order valence-corrected chi connectivity index (χ1v) is 10.7. The van der Waals surface area contributed by atoms with Crippen LogP contribution in [0.2, 0.25) is 0 Å². The monoisotopic (exact) mass is 397 g/mol. The highest BCUT2D eigenvalue weighted by Crippen LogP contribution is 2.27. The summed E-state index contributed by atoms with van der Waals surface area (Å²) in [5, 5.41) is 4.93. The van der Waals surface area contributed by atoms with Gasteiger partial charge in [0.05, 0.1) is 17.9 Å². The topological polar surface area (TPSA) is 138 Å². The number of amides is 2. The van der Waals surface area contributed by atoms with Gasteiger partial charge in [0, 0.05) is 30.2 Å². The molecule has 26 heavy (non-hydrogen) atoms. The van der Waals surface area contributed by atoms with Gasteiger partial charge in [0.25, 0.3) is 5.91 Å². The van der Waals surface area contributed by atoms with Crippen LogP contribution in [0.5, 0.6) is 0 Å². The third kappa shape index (κ3) is 4.11. The molecule has 3 heterocycles. The lowest BCUT2D eigenvalue weighted by Gasteiger charge is -2.29. The first-order chi connectivity index (χ1) is 12.2. The highest BCUT2D eigenvalue weighted by atomic mass is 32.2. The van der Waals surface area contributed by atoms with Gasteiger partial charge in [-0.05, 0) is 18.9 Å². The van der Waals surface area contributed by atoms with Crippen molar-refractivity contribution in [2.24, 2.45) is 11.7 Å². The number of aromatic nitrogens is 2. The Labute approximate surface area is 154 Å². The summed E-state index contributed by atoms with van der Waals surface area (Å²) in [5.41, 5.74) is 6.79. The number of aromatic amines is 1. The largest absolute Gasteiger partial charge is 0.364 e. The van der Waals surface area contributed by atoms with Gasteiger partial charge in [0.15, 0.2) is 5.13 Å². The van der Waals surface area contributed by atoms with Gasteiger partial charge in [-0.2, -0.15) is 0 Å². The van der Waals surface area contributed by atoms with Crippen LogP contribution in [0.15, 0.2) is 17.6 Å². The zero-order valence-electron chi connectivity index (χ0n) is 14.1. The minimum absolute atomic E-state index is 0.183. The SMILES string of the molecule is CS(=O)(=O)N1CCCC(C(=O)Nc2nc(-c3c[nH]c(C(N)=O)c3)cs2)C1. The Hall–Kier alpha value is -2.24. The Morgan fingerprint density at radius 2 is 2.23 bits per heavy atom. The van der Waals surface area contributed by atoms with E-state index in [0.717, 1.165) is 6.26 Å². The second-order valence-electron chi connectivity index (χ2n) is 6.15. The summed E-state index contributed by atoms with van der Waals surface area (Å²) in [6, 6.07) is 1.59. The molecule has 0 aromatic carbocycles. The quantitative estimate of drug-likeness (QED) is 0.686. The third-order valence-corrected chi connectivity index (χ3v) is 6.23. The van der Waals surface area contributed by atoms with Crippen LogP contribution < -0.4 is 11.1 Å². The van der Waals surface area contributed by atoms with Crippen LogP contribution in [-0.2, 0) is 14.8 Å². The lowest BCUT2D eigenvalue weighted by molar-refractivity contribution is -0.120. The fourth-order valence-electron chi connectivity index (χ4n) is 2.81. The average molecular weight is 397 g/mol. The summed E-state index contributed by atoms with van der Waals surface area (Å²) in [6.07, 6.45) is 4.05. The zero-order chi connectivity index (χ0) is 18.9. The van der Waals surface area contributed by atoms with Crippen molar-refractivity contribution < 1.29 is 18.0 Å². The highest BCUT2D eigenvalue weighted by molar-refractivity contribution is 7.88. The number of nitrogens with two attached hydrogens (primary N) is 1. The number of sulfonamides is 1. The lowest BCUT2D eigenvalue weighted by Crippen LogP contribution is -2.43. The predicted molar refractivity (Wildman–Crippen MR) is 98.2 cm³/mol. The van der Waals surface area contributed by atoms with Crippen LogP contribution in [0.3, 0.4) is 0 Å². The molecular weight excluding hydrogens is 378 g/mol. The molecule has 2 amide bonds. The van der Waals surface area contributed by atoms with E-state index in [1.807, 2.05) is 0 Å². The van der Waals surface area contributed by atoms with Crippen molar-refractivity contribution in [3.63, 3.8) is 0 Å². The summed E-state index contributed by atoms with van der Waals surface area (Å²) in [5.74, 6) is -1.21.